The number of furan rings is 1. The number of carbonyl (C=O) groups excluding carboxylic acids is 3. The Morgan fingerprint density at radius 3 is 2.45 bits per heavy atom. The van der Waals surface area contributed by atoms with Crippen molar-refractivity contribution < 1.29 is 23.2 Å². The monoisotopic (exact) mass is 466 g/mol. The van der Waals surface area contributed by atoms with Crippen molar-refractivity contribution in [2.75, 3.05) is 10.7 Å². The summed E-state index contributed by atoms with van der Waals surface area (Å²) < 4.78 is 19.0. The SMILES string of the molecule is Cc1ccc(C(C(=O)NCc2ccc(F)cc2)N(C(=O)C2CSC(=O)C2)c2ccccc2)o1. The van der Waals surface area contributed by atoms with Gasteiger partial charge < -0.3 is 9.73 Å². The van der Waals surface area contributed by atoms with E-state index >= 15 is 0 Å². The fourth-order valence-corrected chi connectivity index (χ4v) is 4.69. The predicted molar refractivity (Wildman–Crippen MR) is 124 cm³/mol. The highest BCUT2D eigenvalue weighted by Gasteiger charge is 2.40. The van der Waals surface area contributed by atoms with Crippen molar-refractivity contribution in [3.63, 3.8) is 0 Å². The van der Waals surface area contributed by atoms with Gasteiger partial charge in [-0.25, -0.2) is 4.39 Å². The molecule has 170 valence electrons. The molecule has 8 heteroatoms. The van der Waals surface area contributed by atoms with Crippen molar-refractivity contribution in [2.45, 2.75) is 25.9 Å². The van der Waals surface area contributed by atoms with Crippen molar-refractivity contribution >= 4 is 34.4 Å². The smallest absolute Gasteiger partial charge is 0.251 e. The number of rotatable bonds is 7. The molecular formula is C25H23FN2O4S. The van der Waals surface area contributed by atoms with Gasteiger partial charge in [-0.05, 0) is 48.9 Å². The summed E-state index contributed by atoms with van der Waals surface area (Å²) >= 11 is 1.13. The Morgan fingerprint density at radius 2 is 1.85 bits per heavy atom. The molecule has 6 nitrogen and oxygen atoms in total. The number of thioether (sulfide) groups is 1. The number of benzene rings is 2. The highest BCUT2D eigenvalue weighted by molar-refractivity contribution is 8.14. The Morgan fingerprint density at radius 1 is 1.12 bits per heavy atom. The van der Waals surface area contributed by atoms with E-state index in [2.05, 4.69) is 5.32 Å². The zero-order valence-corrected chi connectivity index (χ0v) is 18.8. The van der Waals surface area contributed by atoms with Crippen LogP contribution in [0.4, 0.5) is 10.1 Å². The maximum atomic E-state index is 13.6. The molecular weight excluding hydrogens is 443 g/mol. The summed E-state index contributed by atoms with van der Waals surface area (Å²) in [7, 11) is 0. The second-order valence-corrected chi connectivity index (χ2v) is 8.90. The molecule has 2 unspecified atom stereocenters. The molecule has 2 aromatic carbocycles. The third-order valence-corrected chi connectivity index (χ3v) is 6.45. The van der Waals surface area contributed by atoms with Crippen LogP contribution in [0.2, 0.25) is 0 Å². The largest absolute Gasteiger partial charge is 0.464 e. The fraction of sp³-hybridized carbons (Fsp3) is 0.240. The summed E-state index contributed by atoms with van der Waals surface area (Å²) in [6.45, 7) is 1.92. The molecule has 1 aliphatic rings. The van der Waals surface area contributed by atoms with Gasteiger partial charge in [0.1, 0.15) is 17.3 Å². The van der Waals surface area contributed by atoms with Crippen LogP contribution in [0.25, 0.3) is 0 Å². The van der Waals surface area contributed by atoms with Gasteiger partial charge in [-0.2, -0.15) is 0 Å². The molecule has 0 saturated carbocycles. The van der Waals surface area contributed by atoms with Crippen LogP contribution in [0, 0.1) is 18.7 Å². The molecule has 0 bridgehead atoms. The molecule has 1 saturated heterocycles. The molecule has 2 heterocycles. The molecule has 4 rings (SSSR count). The van der Waals surface area contributed by atoms with Gasteiger partial charge in [-0.15, -0.1) is 0 Å². The van der Waals surface area contributed by atoms with Gasteiger partial charge in [0.2, 0.25) is 5.91 Å². The number of hydrogen-bond acceptors (Lipinski definition) is 5. The Bertz CT molecular complexity index is 1150. The normalized spacial score (nSPS) is 16.4. The first-order valence-electron chi connectivity index (χ1n) is 10.5. The van der Waals surface area contributed by atoms with Gasteiger partial charge in [0.15, 0.2) is 11.2 Å². The van der Waals surface area contributed by atoms with E-state index in [0.29, 0.717) is 23.0 Å². The first kappa shape index (κ1) is 22.8. The summed E-state index contributed by atoms with van der Waals surface area (Å²) in [5.74, 6) is -0.336. The van der Waals surface area contributed by atoms with Gasteiger partial charge in [0.05, 0.1) is 5.92 Å². The van der Waals surface area contributed by atoms with Crippen LogP contribution in [-0.2, 0) is 20.9 Å². The molecule has 3 aromatic rings. The molecule has 2 amide bonds. The number of hydrogen-bond donors (Lipinski definition) is 1. The number of nitrogens with one attached hydrogen (secondary N) is 1. The van der Waals surface area contributed by atoms with E-state index in [1.165, 1.54) is 17.0 Å². The molecule has 1 aliphatic heterocycles. The summed E-state index contributed by atoms with van der Waals surface area (Å²) in [5, 5.41) is 2.81. The lowest BCUT2D eigenvalue weighted by atomic mass is 10.0. The standard InChI is InChI=1S/C25H23FN2O4S/c1-16-7-12-21(32-16)23(24(30)27-14-17-8-10-19(26)11-9-17)28(20-5-3-2-4-6-20)25(31)18-13-22(29)33-15-18/h2-12,18,23H,13-15H2,1H3,(H,27,30). The van der Waals surface area contributed by atoms with Crippen molar-refractivity contribution in [1.82, 2.24) is 5.32 Å². The number of nitrogens with zero attached hydrogens (tertiary/aromatic N) is 1. The third-order valence-electron chi connectivity index (χ3n) is 5.40. The lowest BCUT2D eigenvalue weighted by molar-refractivity contribution is -0.129. The summed E-state index contributed by atoms with van der Waals surface area (Å²) in [5.41, 5.74) is 1.25. The maximum absolute atomic E-state index is 13.6. The second-order valence-electron chi connectivity index (χ2n) is 7.82. The van der Waals surface area contributed by atoms with Crippen LogP contribution in [0.15, 0.2) is 71.1 Å². The molecule has 1 aromatic heterocycles. The minimum Gasteiger partial charge on any atom is -0.464 e. The molecule has 0 radical (unpaired) electrons. The summed E-state index contributed by atoms with van der Waals surface area (Å²) in [6.07, 6.45) is 0.133. The molecule has 1 N–H and O–H groups in total. The first-order chi connectivity index (χ1) is 15.9. The second kappa shape index (κ2) is 10.0. The lowest BCUT2D eigenvalue weighted by Crippen LogP contribution is -2.46. The van der Waals surface area contributed by atoms with E-state index < -0.39 is 17.9 Å². The van der Waals surface area contributed by atoms with E-state index in [0.717, 1.165) is 17.3 Å². The lowest BCUT2D eigenvalue weighted by Gasteiger charge is -2.31. The molecule has 0 spiro atoms. The average Bonchev–Trinajstić information content (AvgIpc) is 3.45. The van der Waals surface area contributed by atoms with E-state index in [-0.39, 0.29) is 29.8 Å². The number of aryl methyl sites for hydroxylation is 1. The number of para-hydroxylation sites is 1. The van der Waals surface area contributed by atoms with Crippen molar-refractivity contribution in [3.8, 4) is 0 Å². The molecule has 0 aliphatic carbocycles. The Labute approximate surface area is 195 Å². The van der Waals surface area contributed by atoms with Crippen LogP contribution in [0.3, 0.4) is 0 Å². The summed E-state index contributed by atoms with van der Waals surface area (Å²) in [4.78, 5) is 40.4. The van der Waals surface area contributed by atoms with E-state index in [4.69, 9.17) is 4.42 Å². The van der Waals surface area contributed by atoms with Gasteiger partial charge in [-0.3, -0.25) is 19.3 Å². The zero-order chi connectivity index (χ0) is 23.4. The van der Waals surface area contributed by atoms with Crippen molar-refractivity contribution in [3.05, 3.63) is 89.6 Å². The zero-order valence-electron chi connectivity index (χ0n) is 18.0. The van der Waals surface area contributed by atoms with Crippen LogP contribution in [-0.4, -0.2) is 22.7 Å². The number of amides is 2. The quantitative estimate of drug-likeness (QED) is 0.558. The van der Waals surface area contributed by atoms with Crippen LogP contribution >= 0.6 is 11.8 Å². The average molecular weight is 467 g/mol. The molecule has 2 atom stereocenters. The van der Waals surface area contributed by atoms with Gasteiger partial charge in [-0.1, -0.05) is 42.1 Å². The van der Waals surface area contributed by atoms with Crippen LogP contribution < -0.4 is 10.2 Å². The molecule has 33 heavy (non-hydrogen) atoms. The Kier molecular flexibility index (Phi) is 6.93. The van der Waals surface area contributed by atoms with E-state index in [1.807, 2.05) is 6.07 Å². The third kappa shape index (κ3) is 5.34. The Hall–Kier alpha value is -3.39. The number of carbonyl (C=O) groups is 3. The van der Waals surface area contributed by atoms with Crippen LogP contribution in [0.5, 0.6) is 0 Å². The minimum atomic E-state index is -1.07. The maximum Gasteiger partial charge on any atom is 0.251 e. The topological polar surface area (TPSA) is 79.6 Å². The van der Waals surface area contributed by atoms with E-state index in [9.17, 15) is 18.8 Å². The minimum absolute atomic E-state index is 0.0347. The Balaban J connectivity index is 1.68. The summed E-state index contributed by atoms with van der Waals surface area (Å²) in [6, 6.07) is 17.0. The van der Waals surface area contributed by atoms with E-state index in [1.54, 1.807) is 55.5 Å². The fourth-order valence-electron chi connectivity index (χ4n) is 3.72. The van der Waals surface area contributed by atoms with Crippen molar-refractivity contribution in [2.24, 2.45) is 5.92 Å². The van der Waals surface area contributed by atoms with Gasteiger partial charge in [0.25, 0.3) is 5.91 Å². The van der Waals surface area contributed by atoms with Gasteiger partial charge in [0, 0.05) is 24.4 Å². The number of anilines is 1. The predicted octanol–water partition coefficient (Wildman–Crippen LogP) is 4.40. The van der Waals surface area contributed by atoms with Crippen molar-refractivity contribution in [1.29, 1.82) is 0 Å². The first-order valence-corrected chi connectivity index (χ1v) is 11.5. The van der Waals surface area contributed by atoms with Crippen LogP contribution in [0.1, 0.15) is 29.5 Å². The highest BCUT2D eigenvalue weighted by Crippen LogP contribution is 2.34. The highest BCUT2D eigenvalue weighted by atomic mass is 32.2. The number of halogens is 1. The van der Waals surface area contributed by atoms with Gasteiger partial charge >= 0.3 is 0 Å². The molecule has 1 fully saturated rings.